The molecule has 0 N–H and O–H groups in total. The number of esters is 1. The third kappa shape index (κ3) is 3.84. The molecule has 4 nitrogen and oxygen atoms in total. The van der Waals surface area contributed by atoms with Gasteiger partial charge < -0.3 is 9.64 Å². The van der Waals surface area contributed by atoms with Crippen LogP contribution in [0.15, 0.2) is 22.7 Å². The Kier molecular flexibility index (Phi) is 5.39. The maximum Gasteiger partial charge on any atom is 0.307 e. The van der Waals surface area contributed by atoms with E-state index in [2.05, 4.69) is 15.9 Å². The molecule has 1 aromatic rings. The predicted octanol–water partition coefficient (Wildman–Crippen LogP) is 3.32. The van der Waals surface area contributed by atoms with E-state index in [1.54, 1.807) is 0 Å². The van der Waals surface area contributed by atoms with Gasteiger partial charge in [-0.2, -0.15) is 0 Å². The van der Waals surface area contributed by atoms with Crippen molar-refractivity contribution in [1.29, 1.82) is 0 Å². The molecular formula is C16H20BrNO3. The summed E-state index contributed by atoms with van der Waals surface area (Å²) < 4.78 is 5.70. The van der Waals surface area contributed by atoms with Crippen molar-refractivity contribution in [3.05, 3.63) is 33.8 Å². The Labute approximate surface area is 133 Å². The summed E-state index contributed by atoms with van der Waals surface area (Å²) in [5, 5.41) is 0. The highest BCUT2D eigenvalue weighted by Crippen LogP contribution is 2.24. The van der Waals surface area contributed by atoms with Gasteiger partial charge in [0.1, 0.15) is 0 Å². The van der Waals surface area contributed by atoms with E-state index in [1.807, 2.05) is 30.0 Å². The highest BCUT2D eigenvalue weighted by atomic mass is 79.9. The molecule has 0 spiro atoms. The number of amides is 1. The Bertz CT molecular complexity index is 544. The molecule has 2 rings (SSSR count). The van der Waals surface area contributed by atoms with Crippen LogP contribution in [-0.4, -0.2) is 36.5 Å². The van der Waals surface area contributed by atoms with Gasteiger partial charge in [-0.05, 0) is 49.9 Å². The minimum atomic E-state index is -0.257. The number of hydrogen-bond acceptors (Lipinski definition) is 3. The smallest absolute Gasteiger partial charge is 0.307 e. The first-order valence-electron chi connectivity index (χ1n) is 7.17. The third-order valence-electron chi connectivity index (χ3n) is 3.94. The molecule has 1 unspecified atom stereocenters. The Morgan fingerprint density at radius 1 is 1.38 bits per heavy atom. The summed E-state index contributed by atoms with van der Waals surface area (Å²) in [6, 6.07) is 5.60. The molecule has 1 aliphatic heterocycles. The first kappa shape index (κ1) is 16.0. The van der Waals surface area contributed by atoms with Gasteiger partial charge in [0, 0.05) is 22.6 Å². The number of carbonyl (C=O) groups excluding carboxylic acids is 2. The fourth-order valence-electron chi connectivity index (χ4n) is 2.78. The van der Waals surface area contributed by atoms with Crippen LogP contribution in [0, 0.1) is 6.92 Å². The Balaban J connectivity index is 2.20. The van der Waals surface area contributed by atoms with Gasteiger partial charge in [0.05, 0.1) is 13.5 Å². The molecule has 5 heteroatoms. The van der Waals surface area contributed by atoms with Crippen LogP contribution < -0.4 is 0 Å². The summed E-state index contributed by atoms with van der Waals surface area (Å²) in [6.45, 7) is 2.63. The van der Waals surface area contributed by atoms with Gasteiger partial charge in [0.15, 0.2) is 0 Å². The Morgan fingerprint density at radius 2 is 2.14 bits per heavy atom. The van der Waals surface area contributed by atoms with E-state index in [-0.39, 0.29) is 24.3 Å². The van der Waals surface area contributed by atoms with Crippen LogP contribution in [0.3, 0.4) is 0 Å². The van der Waals surface area contributed by atoms with Crippen LogP contribution in [0.1, 0.15) is 41.6 Å². The standard InChI is InChI=1S/C16H20BrNO3/c1-11-9-12(17)6-7-14(11)16(20)18-8-4-3-5-13(18)10-15(19)21-2/h6-7,9,13H,3-5,8,10H2,1-2H3. The number of hydrogen-bond donors (Lipinski definition) is 0. The van der Waals surface area contributed by atoms with Gasteiger partial charge in [-0.25, -0.2) is 0 Å². The number of nitrogens with zero attached hydrogens (tertiary/aromatic N) is 1. The number of halogens is 1. The van der Waals surface area contributed by atoms with Crippen molar-refractivity contribution in [2.45, 2.75) is 38.6 Å². The SMILES string of the molecule is COC(=O)CC1CCCCN1C(=O)c1ccc(Br)cc1C. The summed E-state index contributed by atoms with van der Waals surface area (Å²) >= 11 is 3.41. The third-order valence-corrected chi connectivity index (χ3v) is 4.43. The molecule has 1 atom stereocenters. The first-order valence-corrected chi connectivity index (χ1v) is 7.96. The van der Waals surface area contributed by atoms with Crippen molar-refractivity contribution in [1.82, 2.24) is 4.90 Å². The lowest BCUT2D eigenvalue weighted by Gasteiger charge is -2.35. The van der Waals surface area contributed by atoms with E-state index < -0.39 is 0 Å². The zero-order valence-electron chi connectivity index (χ0n) is 12.4. The van der Waals surface area contributed by atoms with Crippen molar-refractivity contribution < 1.29 is 14.3 Å². The maximum atomic E-state index is 12.8. The number of likely N-dealkylation sites (tertiary alicyclic amines) is 1. The topological polar surface area (TPSA) is 46.6 Å². The molecular weight excluding hydrogens is 334 g/mol. The molecule has 0 radical (unpaired) electrons. The normalized spacial score (nSPS) is 18.4. The van der Waals surface area contributed by atoms with Crippen LogP contribution in [-0.2, 0) is 9.53 Å². The molecule has 1 heterocycles. The van der Waals surface area contributed by atoms with Gasteiger partial charge in [-0.3, -0.25) is 9.59 Å². The minimum absolute atomic E-state index is 0.00797. The average molecular weight is 354 g/mol. The number of ether oxygens (including phenoxy) is 1. The lowest BCUT2D eigenvalue weighted by molar-refractivity contribution is -0.142. The van der Waals surface area contributed by atoms with Crippen molar-refractivity contribution >= 4 is 27.8 Å². The summed E-state index contributed by atoms with van der Waals surface area (Å²) in [5.74, 6) is -0.249. The number of piperidine rings is 1. The zero-order valence-corrected chi connectivity index (χ0v) is 14.0. The lowest BCUT2D eigenvalue weighted by atomic mass is 9.97. The van der Waals surface area contributed by atoms with Crippen LogP contribution in [0.4, 0.5) is 0 Å². The average Bonchev–Trinajstić information content (AvgIpc) is 2.47. The fourth-order valence-corrected chi connectivity index (χ4v) is 3.25. The molecule has 1 aliphatic rings. The van der Waals surface area contributed by atoms with Gasteiger partial charge >= 0.3 is 5.97 Å². The summed E-state index contributed by atoms with van der Waals surface area (Å²) in [7, 11) is 1.39. The van der Waals surface area contributed by atoms with E-state index in [9.17, 15) is 9.59 Å². The largest absolute Gasteiger partial charge is 0.469 e. The molecule has 1 saturated heterocycles. The van der Waals surface area contributed by atoms with Gasteiger partial charge in [0.25, 0.3) is 5.91 Å². The quantitative estimate of drug-likeness (QED) is 0.783. The van der Waals surface area contributed by atoms with Crippen LogP contribution in [0.2, 0.25) is 0 Å². The van der Waals surface area contributed by atoms with E-state index in [4.69, 9.17) is 4.74 Å². The van der Waals surface area contributed by atoms with Crippen LogP contribution in [0.25, 0.3) is 0 Å². The Morgan fingerprint density at radius 3 is 2.81 bits per heavy atom. The molecule has 114 valence electrons. The molecule has 1 amide bonds. The molecule has 0 aromatic heterocycles. The highest BCUT2D eigenvalue weighted by molar-refractivity contribution is 9.10. The second kappa shape index (κ2) is 7.07. The van der Waals surface area contributed by atoms with E-state index in [0.29, 0.717) is 12.1 Å². The van der Waals surface area contributed by atoms with Crippen molar-refractivity contribution in [2.24, 2.45) is 0 Å². The van der Waals surface area contributed by atoms with Crippen LogP contribution >= 0.6 is 15.9 Å². The number of carbonyl (C=O) groups is 2. The number of benzene rings is 1. The van der Waals surface area contributed by atoms with Crippen molar-refractivity contribution in [3.63, 3.8) is 0 Å². The molecule has 21 heavy (non-hydrogen) atoms. The van der Waals surface area contributed by atoms with Crippen LogP contribution in [0.5, 0.6) is 0 Å². The first-order chi connectivity index (χ1) is 10.0. The summed E-state index contributed by atoms with van der Waals surface area (Å²) in [6.07, 6.45) is 3.16. The Hall–Kier alpha value is -1.36. The summed E-state index contributed by atoms with van der Waals surface area (Å²) in [4.78, 5) is 26.1. The maximum absolute atomic E-state index is 12.8. The van der Waals surface area contributed by atoms with Gasteiger partial charge in [-0.15, -0.1) is 0 Å². The van der Waals surface area contributed by atoms with Gasteiger partial charge in [-0.1, -0.05) is 15.9 Å². The van der Waals surface area contributed by atoms with Crippen molar-refractivity contribution in [3.8, 4) is 0 Å². The molecule has 1 aromatic carbocycles. The lowest BCUT2D eigenvalue weighted by Crippen LogP contribution is -2.45. The number of rotatable bonds is 3. The van der Waals surface area contributed by atoms with Gasteiger partial charge in [0.2, 0.25) is 0 Å². The fraction of sp³-hybridized carbons (Fsp3) is 0.500. The number of aryl methyl sites for hydroxylation is 1. The van der Waals surface area contributed by atoms with E-state index in [0.717, 1.165) is 29.3 Å². The van der Waals surface area contributed by atoms with Crippen molar-refractivity contribution in [2.75, 3.05) is 13.7 Å². The molecule has 0 saturated carbocycles. The zero-order chi connectivity index (χ0) is 15.4. The summed E-state index contributed by atoms with van der Waals surface area (Å²) in [5.41, 5.74) is 1.65. The minimum Gasteiger partial charge on any atom is -0.469 e. The number of methoxy groups -OCH3 is 1. The molecule has 0 bridgehead atoms. The second-order valence-electron chi connectivity index (χ2n) is 5.39. The predicted molar refractivity (Wildman–Crippen MR) is 84.2 cm³/mol. The van der Waals surface area contributed by atoms with E-state index >= 15 is 0 Å². The second-order valence-corrected chi connectivity index (χ2v) is 6.30. The monoisotopic (exact) mass is 353 g/mol. The molecule has 0 aliphatic carbocycles. The van der Waals surface area contributed by atoms with E-state index in [1.165, 1.54) is 7.11 Å². The highest BCUT2D eigenvalue weighted by Gasteiger charge is 2.30. The molecule has 1 fully saturated rings.